The Hall–Kier alpha value is 0.177. The average Bonchev–Trinajstić information content (AvgIpc) is 2.10. The predicted octanol–water partition coefficient (Wildman–Crippen LogP) is 2.14. The van der Waals surface area contributed by atoms with Gasteiger partial charge in [0.15, 0.2) is 0 Å². The normalized spacial score (nSPS) is 16.2. The van der Waals surface area contributed by atoms with Crippen molar-refractivity contribution in [1.82, 2.24) is 0 Å². The second kappa shape index (κ2) is 7.81. The van der Waals surface area contributed by atoms with E-state index in [9.17, 15) is 0 Å². The third-order valence-electron chi connectivity index (χ3n) is 2.87. The summed E-state index contributed by atoms with van der Waals surface area (Å²) >= 11 is 0. The Bertz CT molecular complexity index is 95.8. The molecule has 1 nitrogen and oxygen atoms in total. The molecular formula is C10H24OSi. The van der Waals surface area contributed by atoms with Crippen LogP contribution < -0.4 is 0 Å². The molecule has 0 amide bonds. The molecule has 0 aromatic rings. The van der Waals surface area contributed by atoms with Crippen LogP contribution in [0.25, 0.3) is 0 Å². The molecule has 0 saturated heterocycles. The van der Waals surface area contributed by atoms with E-state index in [0.29, 0.717) is 0 Å². The summed E-state index contributed by atoms with van der Waals surface area (Å²) in [5.74, 6) is 1.78. The molecule has 0 radical (unpaired) electrons. The fourth-order valence-corrected chi connectivity index (χ4v) is 1.69. The highest BCUT2D eigenvalue weighted by Crippen LogP contribution is 2.20. The van der Waals surface area contributed by atoms with Crippen molar-refractivity contribution in [3.8, 4) is 0 Å². The van der Waals surface area contributed by atoms with Crippen LogP contribution in [-0.4, -0.2) is 17.1 Å². The largest absolute Gasteiger partial charge is 0.428 e. The first-order chi connectivity index (χ1) is 5.72. The molecule has 0 aliphatic carbocycles. The lowest BCUT2D eigenvalue weighted by Gasteiger charge is -2.17. The summed E-state index contributed by atoms with van der Waals surface area (Å²) in [6.07, 6.45) is 5.29. The van der Waals surface area contributed by atoms with Crippen LogP contribution in [0.1, 0.15) is 46.5 Å². The third-order valence-corrected chi connectivity index (χ3v) is 3.28. The molecule has 0 aromatic carbocycles. The second-order valence-electron chi connectivity index (χ2n) is 3.85. The maximum atomic E-state index is 5.15. The molecule has 2 atom stereocenters. The fraction of sp³-hybridized carbons (Fsp3) is 1.00. The molecule has 0 aliphatic heterocycles. The van der Waals surface area contributed by atoms with E-state index in [1.807, 2.05) is 0 Å². The van der Waals surface area contributed by atoms with Crippen molar-refractivity contribution in [2.45, 2.75) is 46.5 Å². The molecule has 0 aromatic heterocycles. The van der Waals surface area contributed by atoms with Gasteiger partial charge in [-0.15, -0.1) is 0 Å². The number of hydrogen-bond donors (Lipinski definition) is 0. The Morgan fingerprint density at radius 2 is 1.83 bits per heavy atom. The molecule has 0 saturated carbocycles. The van der Waals surface area contributed by atoms with Gasteiger partial charge in [-0.3, -0.25) is 0 Å². The van der Waals surface area contributed by atoms with Crippen molar-refractivity contribution in [2.75, 3.05) is 6.61 Å². The van der Waals surface area contributed by atoms with Gasteiger partial charge in [-0.1, -0.05) is 40.0 Å². The van der Waals surface area contributed by atoms with Crippen molar-refractivity contribution in [2.24, 2.45) is 11.8 Å². The van der Waals surface area contributed by atoms with Gasteiger partial charge in [-0.05, 0) is 18.3 Å². The first-order valence-electron chi connectivity index (χ1n) is 5.21. The maximum Gasteiger partial charge on any atom is 0.145 e. The summed E-state index contributed by atoms with van der Waals surface area (Å²) in [6, 6.07) is 0. The minimum atomic E-state index is 0.891. The molecule has 2 heteroatoms. The van der Waals surface area contributed by atoms with Crippen LogP contribution in [0.3, 0.4) is 0 Å². The number of unbranched alkanes of at least 4 members (excludes halogenated alkanes) is 1. The molecule has 0 spiro atoms. The second-order valence-corrected chi connectivity index (χ2v) is 4.43. The van der Waals surface area contributed by atoms with E-state index >= 15 is 0 Å². The Kier molecular flexibility index (Phi) is 7.92. The summed E-state index contributed by atoms with van der Waals surface area (Å²) in [5.41, 5.74) is 0. The Morgan fingerprint density at radius 3 is 2.33 bits per heavy atom. The lowest BCUT2D eigenvalue weighted by atomic mass is 9.89. The van der Waals surface area contributed by atoms with Gasteiger partial charge in [-0.25, -0.2) is 0 Å². The summed E-state index contributed by atoms with van der Waals surface area (Å²) < 4.78 is 5.15. The number of rotatable bonds is 7. The van der Waals surface area contributed by atoms with E-state index in [0.717, 1.165) is 28.9 Å². The minimum Gasteiger partial charge on any atom is -0.428 e. The Labute approximate surface area is 80.4 Å². The molecule has 0 N–H and O–H groups in total. The van der Waals surface area contributed by atoms with Crippen LogP contribution in [0.5, 0.6) is 0 Å². The first-order valence-corrected chi connectivity index (χ1v) is 6.03. The van der Waals surface area contributed by atoms with Crippen molar-refractivity contribution < 1.29 is 4.43 Å². The van der Waals surface area contributed by atoms with Crippen LogP contribution in [0.15, 0.2) is 0 Å². The van der Waals surface area contributed by atoms with Crippen molar-refractivity contribution in [3.05, 3.63) is 0 Å². The zero-order chi connectivity index (χ0) is 9.40. The van der Waals surface area contributed by atoms with Crippen LogP contribution in [0.4, 0.5) is 0 Å². The predicted molar refractivity (Wildman–Crippen MR) is 58.4 cm³/mol. The van der Waals surface area contributed by atoms with E-state index in [2.05, 4.69) is 20.8 Å². The highest BCUT2D eigenvalue weighted by molar-refractivity contribution is 5.97. The Morgan fingerprint density at radius 1 is 1.17 bits per heavy atom. The molecule has 0 aliphatic rings. The standard InChI is InChI=1S/C10H24OSi/c1-4-9(2)10(3)7-5-6-8-11-12/h9-10H,4-8H2,1-3,12H3. The van der Waals surface area contributed by atoms with Crippen LogP contribution in [0, 0.1) is 11.8 Å². The summed E-state index contributed by atoms with van der Waals surface area (Å²) in [6.45, 7) is 7.99. The van der Waals surface area contributed by atoms with E-state index in [1.165, 1.54) is 25.7 Å². The van der Waals surface area contributed by atoms with Crippen LogP contribution >= 0.6 is 0 Å². The highest BCUT2D eigenvalue weighted by atomic mass is 28.2. The molecule has 0 rings (SSSR count). The molecule has 0 bridgehead atoms. The topological polar surface area (TPSA) is 9.23 Å². The molecule has 12 heavy (non-hydrogen) atoms. The van der Waals surface area contributed by atoms with Crippen molar-refractivity contribution in [1.29, 1.82) is 0 Å². The maximum absolute atomic E-state index is 5.15. The monoisotopic (exact) mass is 188 g/mol. The summed E-state index contributed by atoms with van der Waals surface area (Å²) in [4.78, 5) is 0. The fourth-order valence-electron chi connectivity index (χ4n) is 1.40. The van der Waals surface area contributed by atoms with Crippen molar-refractivity contribution in [3.63, 3.8) is 0 Å². The van der Waals surface area contributed by atoms with Crippen LogP contribution in [-0.2, 0) is 4.43 Å². The zero-order valence-corrected chi connectivity index (χ0v) is 11.1. The van der Waals surface area contributed by atoms with Gasteiger partial charge >= 0.3 is 0 Å². The van der Waals surface area contributed by atoms with E-state index in [1.54, 1.807) is 0 Å². The zero-order valence-electron chi connectivity index (χ0n) is 9.10. The van der Waals surface area contributed by atoms with E-state index < -0.39 is 0 Å². The SMILES string of the molecule is CCC(C)C(C)CCCCO[SiH3]. The average molecular weight is 188 g/mol. The summed E-state index contributed by atoms with van der Waals surface area (Å²) in [5, 5.41) is 0. The molecule has 2 unspecified atom stereocenters. The highest BCUT2D eigenvalue weighted by Gasteiger charge is 2.08. The third kappa shape index (κ3) is 5.78. The molecule has 0 fully saturated rings. The lowest BCUT2D eigenvalue weighted by Crippen LogP contribution is -2.06. The van der Waals surface area contributed by atoms with Gasteiger partial charge in [0.05, 0.1) is 0 Å². The van der Waals surface area contributed by atoms with Gasteiger partial charge in [0.25, 0.3) is 0 Å². The van der Waals surface area contributed by atoms with Crippen LogP contribution in [0.2, 0.25) is 0 Å². The molecular weight excluding hydrogens is 164 g/mol. The Balaban J connectivity index is 3.24. The quantitative estimate of drug-likeness (QED) is 0.439. The van der Waals surface area contributed by atoms with Gasteiger partial charge < -0.3 is 4.43 Å². The van der Waals surface area contributed by atoms with Gasteiger partial charge in [0.1, 0.15) is 10.5 Å². The summed E-state index contributed by atoms with van der Waals surface area (Å²) in [7, 11) is 0.899. The number of hydrogen-bond acceptors (Lipinski definition) is 1. The van der Waals surface area contributed by atoms with Gasteiger partial charge in [-0.2, -0.15) is 0 Å². The van der Waals surface area contributed by atoms with E-state index in [4.69, 9.17) is 4.43 Å². The first kappa shape index (κ1) is 12.2. The van der Waals surface area contributed by atoms with E-state index in [-0.39, 0.29) is 0 Å². The molecule has 0 heterocycles. The lowest BCUT2D eigenvalue weighted by molar-refractivity contribution is 0.304. The van der Waals surface area contributed by atoms with Gasteiger partial charge in [0.2, 0.25) is 0 Å². The van der Waals surface area contributed by atoms with Crippen molar-refractivity contribution >= 4 is 10.5 Å². The van der Waals surface area contributed by atoms with Gasteiger partial charge in [0, 0.05) is 6.61 Å². The molecule has 74 valence electrons. The smallest absolute Gasteiger partial charge is 0.145 e. The minimum absolute atomic E-state index is 0.891.